The van der Waals surface area contributed by atoms with Crippen LogP contribution in [0.5, 0.6) is 5.75 Å². The minimum atomic E-state index is 0.877. The molecular weight excluding hydrogens is 234 g/mol. The van der Waals surface area contributed by atoms with E-state index in [1.807, 2.05) is 36.5 Å². The van der Waals surface area contributed by atoms with E-state index >= 15 is 0 Å². The van der Waals surface area contributed by atoms with Crippen LogP contribution in [0.1, 0.15) is 0 Å². The van der Waals surface area contributed by atoms with Crippen molar-refractivity contribution in [3.8, 4) is 28.1 Å². The lowest BCUT2D eigenvalue weighted by molar-refractivity contribution is 0.415. The van der Waals surface area contributed by atoms with Crippen molar-refractivity contribution in [2.24, 2.45) is 0 Å². The van der Waals surface area contributed by atoms with Crippen molar-refractivity contribution in [1.82, 2.24) is 4.98 Å². The quantitative estimate of drug-likeness (QED) is 0.733. The summed E-state index contributed by atoms with van der Waals surface area (Å²) in [4.78, 5) is 3.32. The van der Waals surface area contributed by atoms with E-state index < -0.39 is 0 Å². The first-order chi connectivity index (χ1) is 9.36. The van der Waals surface area contributed by atoms with Crippen LogP contribution in [0, 0.1) is 0 Å². The van der Waals surface area contributed by atoms with Crippen LogP contribution in [-0.2, 0) is 0 Å². The molecule has 2 nitrogen and oxygen atoms in total. The maximum atomic E-state index is 5.17. The molecular formula is C17H15NO. The molecule has 0 saturated heterocycles. The van der Waals surface area contributed by atoms with Gasteiger partial charge in [-0.3, -0.25) is 0 Å². The zero-order valence-corrected chi connectivity index (χ0v) is 10.8. The first kappa shape index (κ1) is 11.6. The van der Waals surface area contributed by atoms with E-state index in [1.165, 1.54) is 16.7 Å². The summed E-state index contributed by atoms with van der Waals surface area (Å²) in [6.45, 7) is 0. The number of H-pyrrole nitrogens is 1. The molecule has 2 aromatic carbocycles. The largest absolute Gasteiger partial charge is 0.497 e. The third kappa shape index (κ3) is 2.38. The molecule has 0 aliphatic carbocycles. The van der Waals surface area contributed by atoms with Gasteiger partial charge in [-0.15, -0.1) is 0 Å². The molecule has 0 radical (unpaired) electrons. The first-order valence-corrected chi connectivity index (χ1v) is 6.25. The van der Waals surface area contributed by atoms with Crippen molar-refractivity contribution in [2.75, 3.05) is 7.11 Å². The SMILES string of the molecule is COc1ccc(-c2c[nH]c(-c3ccccc3)c2)cc1. The molecule has 3 rings (SSSR count). The Labute approximate surface area is 112 Å². The lowest BCUT2D eigenvalue weighted by Gasteiger charge is -2.01. The molecule has 0 saturated carbocycles. The van der Waals surface area contributed by atoms with Gasteiger partial charge in [0.15, 0.2) is 0 Å². The van der Waals surface area contributed by atoms with Gasteiger partial charge in [-0.1, -0.05) is 42.5 Å². The molecule has 0 aliphatic rings. The van der Waals surface area contributed by atoms with Gasteiger partial charge in [-0.25, -0.2) is 0 Å². The third-order valence-corrected chi connectivity index (χ3v) is 3.19. The number of ether oxygens (including phenoxy) is 1. The molecule has 0 fully saturated rings. The van der Waals surface area contributed by atoms with Gasteiger partial charge in [0, 0.05) is 11.9 Å². The van der Waals surface area contributed by atoms with Crippen LogP contribution in [0.15, 0.2) is 66.9 Å². The maximum absolute atomic E-state index is 5.17. The van der Waals surface area contributed by atoms with Crippen LogP contribution in [-0.4, -0.2) is 12.1 Å². The van der Waals surface area contributed by atoms with E-state index in [9.17, 15) is 0 Å². The molecule has 2 heteroatoms. The Balaban J connectivity index is 1.92. The van der Waals surface area contributed by atoms with Crippen molar-refractivity contribution in [2.45, 2.75) is 0 Å². The summed E-state index contributed by atoms with van der Waals surface area (Å²) < 4.78 is 5.17. The van der Waals surface area contributed by atoms with Gasteiger partial charge < -0.3 is 9.72 Å². The average Bonchev–Trinajstić information content (AvgIpc) is 2.98. The Morgan fingerprint density at radius 3 is 2.21 bits per heavy atom. The van der Waals surface area contributed by atoms with E-state index in [1.54, 1.807) is 7.11 Å². The molecule has 19 heavy (non-hydrogen) atoms. The molecule has 1 aromatic heterocycles. The Bertz CT molecular complexity index is 653. The van der Waals surface area contributed by atoms with Gasteiger partial charge in [0.05, 0.1) is 7.11 Å². The lowest BCUT2D eigenvalue weighted by Crippen LogP contribution is -1.81. The van der Waals surface area contributed by atoms with Crippen molar-refractivity contribution in [1.29, 1.82) is 0 Å². The van der Waals surface area contributed by atoms with E-state index in [-0.39, 0.29) is 0 Å². The fourth-order valence-corrected chi connectivity index (χ4v) is 2.13. The number of methoxy groups -OCH3 is 1. The minimum Gasteiger partial charge on any atom is -0.497 e. The summed E-state index contributed by atoms with van der Waals surface area (Å²) in [5.74, 6) is 0.877. The standard InChI is InChI=1S/C17H15NO/c1-19-16-9-7-13(8-10-16)15-11-17(18-12-15)14-5-3-2-4-6-14/h2-12,18H,1H3. The van der Waals surface area contributed by atoms with E-state index in [0.717, 1.165) is 11.4 Å². The molecule has 94 valence electrons. The molecule has 0 amide bonds. The molecule has 0 unspecified atom stereocenters. The van der Waals surface area contributed by atoms with Gasteiger partial charge in [-0.2, -0.15) is 0 Å². The highest BCUT2D eigenvalue weighted by Gasteiger charge is 2.03. The Kier molecular flexibility index (Phi) is 3.07. The number of benzene rings is 2. The van der Waals surface area contributed by atoms with E-state index in [4.69, 9.17) is 4.74 Å². The molecule has 1 heterocycles. The van der Waals surface area contributed by atoms with Gasteiger partial charge in [0.25, 0.3) is 0 Å². The van der Waals surface area contributed by atoms with Crippen LogP contribution in [0.25, 0.3) is 22.4 Å². The molecule has 1 N–H and O–H groups in total. The van der Waals surface area contributed by atoms with Crippen LogP contribution in [0.4, 0.5) is 0 Å². The Hall–Kier alpha value is -2.48. The second-order valence-electron chi connectivity index (χ2n) is 4.40. The van der Waals surface area contributed by atoms with E-state index in [0.29, 0.717) is 0 Å². The molecule has 0 atom stereocenters. The van der Waals surface area contributed by atoms with Crippen molar-refractivity contribution in [3.63, 3.8) is 0 Å². The number of aromatic nitrogens is 1. The first-order valence-electron chi connectivity index (χ1n) is 6.25. The second-order valence-corrected chi connectivity index (χ2v) is 4.40. The second kappa shape index (κ2) is 5.02. The normalized spacial score (nSPS) is 10.4. The molecule has 0 aliphatic heterocycles. The molecule has 0 bridgehead atoms. The molecule has 3 aromatic rings. The zero-order valence-electron chi connectivity index (χ0n) is 10.8. The topological polar surface area (TPSA) is 25.0 Å². The van der Waals surface area contributed by atoms with Crippen molar-refractivity contribution >= 4 is 0 Å². The highest BCUT2D eigenvalue weighted by molar-refractivity contribution is 5.71. The third-order valence-electron chi connectivity index (χ3n) is 3.19. The summed E-state index contributed by atoms with van der Waals surface area (Å²) in [6.07, 6.45) is 2.03. The fourth-order valence-electron chi connectivity index (χ4n) is 2.13. The number of rotatable bonds is 3. The number of nitrogens with one attached hydrogen (secondary N) is 1. The van der Waals surface area contributed by atoms with Gasteiger partial charge in [-0.05, 0) is 34.9 Å². The predicted octanol–water partition coefficient (Wildman–Crippen LogP) is 4.36. The van der Waals surface area contributed by atoms with E-state index in [2.05, 4.69) is 35.3 Å². The predicted molar refractivity (Wildman–Crippen MR) is 78.2 cm³/mol. The lowest BCUT2D eigenvalue weighted by atomic mass is 10.1. The maximum Gasteiger partial charge on any atom is 0.118 e. The highest BCUT2D eigenvalue weighted by atomic mass is 16.5. The van der Waals surface area contributed by atoms with Gasteiger partial charge in [0.2, 0.25) is 0 Å². The number of aromatic amines is 1. The Morgan fingerprint density at radius 1 is 0.789 bits per heavy atom. The van der Waals surface area contributed by atoms with Gasteiger partial charge in [0.1, 0.15) is 5.75 Å². The van der Waals surface area contributed by atoms with Crippen molar-refractivity contribution < 1.29 is 4.74 Å². The van der Waals surface area contributed by atoms with Crippen LogP contribution in [0.2, 0.25) is 0 Å². The Morgan fingerprint density at radius 2 is 1.53 bits per heavy atom. The zero-order chi connectivity index (χ0) is 13.1. The summed E-state index contributed by atoms with van der Waals surface area (Å²) in [5.41, 5.74) is 4.69. The number of hydrogen-bond donors (Lipinski definition) is 1. The minimum absolute atomic E-state index is 0.877. The summed E-state index contributed by atoms with van der Waals surface area (Å²) in [7, 11) is 1.68. The van der Waals surface area contributed by atoms with Gasteiger partial charge >= 0.3 is 0 Å². The number of hydrogen-bond acceptors (Lipinski definition) is 1. The summed E-state index contributed by atoms with van der Waals surface area (Å²) in [5, 5.41) is 0. The van der Waals surface area contributed by atoms with Crippen molar-refractivity contribution in [3.05, 3.63) is 66.9 Å². The fraction of sp³-hybridized carbons (Fsp3) is 0.0588. The smallest absolute Gasteiger partial charge is 0.118 e. The summed E-state index contributed by atoms with van der Waals surface area (Å²) >= 11 is 0. The highest BCUT2D eigenvalue weighted by Crippen LogP contribution is 2.27. The van der Waals surface area contributed by atoms with Crippen LogP contribution < -0.4 is 4.74 Å². The average molecular weight is 249 g/mol. The van der Waals surface area contributed by atoms with Crippen LogP contribution in [0.3, 0.4) is 0 Å². The van der Waals surface area contributed by atoms with Crippen LogP contribution >= 0.6 is 0 Å². The molecule has 0 spiro atoms. The monoisotopic (exact) mass is 249 g/mol. The summed E-state index contributed by atoms with van der Waals surface area (Å²) in [6, 6.07) is 20.6.